The number of rotatable bonds is 7. The van der Waals surface area contributed by atoms with E-state index in [-0.39, 0.29) is 5.92 Å². The van der Waals surface area contributed by atoms with E-state index in [1.54, 1.807) is 29.8 Å². The van der Waals surface area contributed by atoms with Crippen molar-refractivity contribution in [3.05, 3.63) is 35.0 Å². The second kappa shape index (κ2) is 8.23. The van der Waals surface area contributed by atoms with Crippen molar-refractivity contribution in [2.75, 3.05) is 6.54 Å². The molecule has 0 bridgehead atoms. The van der Waals surface area contributed by atoms with Crippen LogP contribution in [0.1, 0.15) is 30.8 Å². The molecule has 1 aromatic heterocycles. The van der Waals surface area contributed by atoms with Gasteiger partial charge in [0.15, 0.2) is 0 Å². The fourth-order valence-electron chi connectivity index (χ4n) is 2.73. The maximum Gasteiger partial charge on any atom is 0.322 e. The van der Waals surface area contributed by atoms with Crippen LogP contribution in [-0.2, 0) is 16.6 Å². The average molecular weight is 380 g/mol. The molecule has 26 heavy (non-hydrogen) atoms. The Hall–Kier alpha value is -2.54. The molecule has 7 nitrogen and oxygen atoms in total. The molecular formula is C18H22ClN3O4. The fraction of sp³-hybridized carbons (Fsp3) is 0.389. The van der Waals surface area contributed by atoms with Crippen LogP contribution in [0.5, 0.6) is 0 Å². The van der Waals surface area contributed by atoms with Gasteiger partial charge in [0.25, 0.3) is 5.91 Å². The van der Waals surface area contributed by atoms with E-state index < -0.39 is 30.4 Å². The number of benzene rings is 1. The number of nitrogens with one attached hydrogen (secondary N) is 2. The van der Waals surface area contributed by atoms with Gasteiger partial charge in [-0.15, -0.1) is 0 Å². The molecule has 0 radical (unpaired) electrons. The van der Waals surface area contributed by atoms with E-state index in [0.717, 1.165) is 10.9 Å². The lowest BCUT2D eigenvalue weighted by Gasteiger charge is -2.23. The van der Waals surface area contributed by atoms with Gasteiger partial charge in [0.2, 0.25) is 5.91 Å². The maximum absolute atomic E-state index is 12.7. The number of aliphatic carboxylic acids is 1. The Labute approximate surface area is 156 Å². The fourth-order valence-corrected chi connectivity index (χ4v) is 2.91. The van der Waals surface area contributed by atoms with Gasteiger partial charge in [-0.25, -0.2) is 0 Å². The molecule has 3 N–H and O–H groups in total. The Balaban J connectivity index is 2.25. The molecule has 0 fully saturated rings. The van der Waals surface area contributed by atoms with Gasteiger partial charge in [-0.1, -0.05) is 31.9 Å². The molecule has 8 heteroatoms. The van der Waals surface area contributed by atoms with E-state index in [9.17, 15) is 14.4 Å². The number of halogens is 1. The number of fused-ring (bicyclic) bond motifs is 1. The van der Waals surface area contributed by atoms with Crippen LogP contribution in [0.4, 0.5) is 0 Å². The SMILES string of the molecule is CCC(C)[C@H](NC(=O)c1cc2cc(Cl)ccc2n1C)C(=O)NCC(=O)O. The van der Waals surface area contributed by atoms with Crippen molar-refractivity contribution in [3.63, 3.8) is 0 Å². The average Bonchev–Trinajstić information content (AvgIpc) is 2.92. The maximum atomic E-state index is 12.7. The van der Waals surface area contributed by atoms with Crippen LogP contribution in [0.3, 0.4) is 0 Å². The van der Waals surface area contributed by atoms with E-state index in [2.05, 4.69) is 10.6 Å². The minimum absolute atomic E-state index is 0.156. The zero-order valence-electron chi connectivity index (χ0n) is 14.9. The Morgan fingerprint density at radius 3 is 2.58 bits per heavy atom. The molecule has 0 saturated heterocycles. The quantitative estimate of drug-likeness (QED) is 0.686. The summed E-state index contributed by atoms with van der Waals surface area (Å²) in [5.41, 5.74) is 1.23. The Kier molecular flexibility index (Phi) is 6.26. The molecule has 2 aromatic rings. The number of carbonyl (C=O) groups excluding carboxylic acids is 2. The number of nitrogens with zero attached hydrogens (tertiary/aromatic N) is 1. The third kappa shape index (κ3) is 4.35. The summed E-state index contributed by atoms with van der Waals surface area (Å²) in [7, 11) is 1.76. The van der Waals surface area contributed by atoms with Gasteiger partial charge in [0.05, 0.1) is 0 Å². The molecule has 2 rings (SSSR count). The van der Waals surface area contributed by atoms with Crippen molar-refractivity contribution >= 4 is 40.3 Å². The second-order valence-corrected chi connectivity index (χ2v) is 6.68. The standard InChI is InChI=1S/C18H22ClN3O4/c1-4-10(2)16(18(26)20-9-15(23)24)21-17(25)14-8-11-7-12(19)5-6-13(11)22(14)3/h5-8,10,16H,4,9H2,1-3H3,(H,20,26)(H,21,25)(H,23,24)/t10?,16-/m0/s1. The molecular weight excluding hydrogens is 358 g/mol. The minimum atomic E-state index is -1.14. The summed E-state index contributed by atoms with van der Waals surface area (Å²) in [5.74, 6) is -2.22. The molecule has 0 spiro atoms. The first kappa shape index (κ1) is 19.8. The summed E-state index contributed by atoms with van der Waals surface area (Å²) in [6, 6.07) is 6.21. The Bertz CT molecular complexity index is 846. The van der Waals surface area contributed by atoms with Crippen molar-refractivity contribution in [1.29, 1.82) is 0 Å². The van der Waals surface area contributed by atoms with Crippen molar-refractivity contribution < 1.29 is 19.5 Å². The van der Waals surface area contributed by atoms with E-state index in [1.807, 2.05) is 19.9 Å². The number of hydrogen-bond acceptors (Lipinski definition) is 3. The summed E-state index contributed by atoms with van der Waals surface area (Å²) in [5, 5.41) is 15.2. The summed E-state index contributed by atoms with van der Waals surface area (Å²) >= 11 is 6.00. The molecule has 0 aliphatic carbocycles. The normalized spacial score (nSPS) is 13.2. The van der Waals surface area contributed by atoms with Crippen molar-refractivity contribution in [2.24, 2.45) is 13.0 Å². The van der Waals surface area contributed by atoms with Gasteiger partial charge in [-0.05, 0) is 30.2 Å². The number of carboxylic acids is 1. The van der Waals surface area contributed by atoms with Gasteiger partial charge in [0.1, 0.15) is 18.3 Å². The lowest BCUT2D eigenvalue weighted by atomic mass is 9.98. The summed E-state index contributed by atoms with van der Waals surface area (Å²) in [6.07, 6.45) is 0.649. The molecule has 1 unspecified atom stereocenters. The van der Waals surface area contributed by atoms with E-state index >= 15 is 0 Å². The number of carboxylic acid groups (broad SMARTS) is 1. The minimum Gasteiger partial charge on any atom is -0.480 e. The zero-order valence-corrected chi connectivity index (χ0v) is 15.6. The molecule has 140 valence electrons. The van der Waals surface area contributed by atoms with Crippen molar-refractivity contribution in [2.45, 2.75) is 26.3 Å². The van der Waals surface area contributed by atoms with Gasteiger partial charge < -0.3 is 20.3 Å². The summed E-state index contributed by atoms with van der Waals surface area (Å²) in [6.45, 7) is 3.23. The first-order chi connectivity index (χ1) is 12.2. The highest BCUT2D eigenvalue weighted by molar-refractivity contribution is 6.31. The Morgan fingerprint density at radius 1 is 1.27 bits per heavy atom. The van der Waals surface area contributed by atoms with Gasteiger partial charge in [0, 0.05) is 23.0 Å². The van der Waals surface area contributed by atoms with Gasteiger partial charge in [-0.2, -0.15) is 0 Å². The predicted molar refractivity (Wildman–Crippen MR) is 99.3 cm³/mol. The van der Waals surface area contributed by atoms with Crippen LogP contribution in [0.2, 0.25) is 5.02 Å². The van der Waals surface area contributed by atoms with Gasteiger partial charge >= 0.3 is 5.97 Å². The number of aromatic nitrogens is 1. The highest BCUT2D eigenvalue weighted by atomic mass is 35.5. The van der Waals surface area contributed by atoms with Gasteiger partial charge in [-0.3, -0.25) is 14.4 Å². The smallest absolute Gasteiger partial charge is 0.322 e. The second-order valence-electron chi connectivity index (χ2n) is 6.24. The van der Waals surface area contributed by atoms with Crippen LogP contribution in [0, 0.1) is 5.92 Å². The first-order valence-corrected chi connectivity index (χ1v) is 8.67. The third-order valence-corrected chi connectivity index (χ3v) is 4.67. The molecule has 0 aliphatic heterocycles. The largest absolute Gasteiger partial charge is 0.480 e. The highest BCUT2D eigenvalue weighted by Crippen LogP contribution is 2.23. The zero-order chi connectivity index (χ0) is 19.4. The predicted octanol–water partition coefficient (Wildman–Crippen LogP) is 2.18. The number of hydrogen-bond donors (Lipinski definition) is 3. The number of amides is 2. The highest BCUT2D eigenvalue weighted by Gasteiger charge is 2.27. The summed E-state index contributed by atoms with van der Waals surface area (Å²) < 4.78 is 1.73. The van der Waals surface area contributed by atoms with E-state index in [0.29, 0.717) is 17.1 Å². The number of aryl methyl sites for hydroxylation is 1. The van der Waals surface area contributed by atoms with Crippen LogP contribution in [0.15, 0.2) is 24.3 Å². The third-order valence-electron chi connectivity index (χ3n) is 4.43. The van der Waals surface area contributed by atoms with E-state index in [4.69, 9.17) is 16.7 Å². The van der Waals surface area contributed by atoms with Crippen LogP contribution < -0.4 is 10.6 Å². The molecule has 0 saturated carbocycles. The molecule has 1 heterocycles. The monoisotopic (exact) mass is 379 g/mol. The lowest BCUT2D eigenvalue weighted by Crippen LogP contribution is -2.51. The topological polar surface area (TPSA) is 100 Å². The lowest BCUT2D eigenvalue weighted by molar-refractivity contribution is -0.138. The Morgan fingerprint density at radius 2 is 1.96 bits per heavy atom. The first-order valence-electron chi connectivity index (χ1n) is 8.30. The van der Waals surface area contributed by atoms with E-state index in [1.165, 1.54) is 0 Å². The van der Waals surface area contributed by atoms with Crippen molar-refractivity contribution in [3.8, 4) is 0 Å². The molecule has 2 atom stereocenters. The van der Waals surface area contributed by atoms with Crippen LogP contribution >= 0.6 is 11.6 Å². The summed E-state index contributed by atoms with van der Waals surface area (Å²) in [4.78, 5) is 35.7. The van der Waals surface area contributed by atoms with Crippen molar-refractivity contribution in [1.82, 2.24) is 15.2 Å². The molecule has 1 aromatic carbocycles. The van der Waals surface area contributed by atoms with Crippen LogP contribution in [0.25, 0.3) is 10.9 Å². The molecule has 2 amide bonds. The molecule has 0 aliphatic rings. The van der Waals surface area contributed by atoms with Crippen LogP contribution in [-0.4, -0.2) is 40.0 Å². The number of carbonyl (C=O) groups is 3.